The van der Waals surface area contributed by atoms with Crippen LogP contribution >= 0.6 is 0 Å². The minimum atomic E-state index is -4.56. The molecule has 2 aromatic carbocycles. The molecular formula is C17H12F3N3O. The van der Waals surface area contributed by atoms with E-state index in [1.807, 2.05) is 6.07 Å². The SMILES string of the molecule is N#CC1=C(N)Oc2cc(N)ccc2[C@@H]1c1ccccc1C(F)(F)F. The van der Waals surface area contributed by atoms with Gasteiger partial charge in [-0.3, -0.25) is 0 Å². The lowest BCUT2D eigenvalue weighted by Crippen LogP contribution is -2.23. The smallest absolute Gasteiger partial charge is 0.416 e. The highest BCUT2D eigenvalue weighted by Gasteiger charge is 2.39. The molecular weight excluding hydrogens is 319 g/mol. The number of hydrogen-bond donors (Lipinski definition) is 2. The number of halogens is 3. The summed E-state index contributed by atoms with van der Waals surface area (Å²) in [5.41, 5.74) is 11.3. The van der Waals surface area contributed by atoms with Gasteiger partial charge in [0.1, 0.15) is 17.4 Å². The van der Waals surface area contributed by atoms with Gasteiger partial charge in [0.25, 0.3) is 0 Å². The van der Waals surface area contributed by atoms with Crippen LogP contribution in [0.5, 0.6) is 5.75 Å². The first kappa shape index (κ1) is 15.7. The molecule has 0 fully saturated rings. The molecule has 24 heavy (non-hydrogen) atoms. The zero-order valence-corrected chi connectivity index (χ0v) is 12.3. The van der Waals surface area contributed by atoms with Crippen LogP contribution in [0.3, 0.4) is 0 Å². The number of anilines is 1. The average molecular weight is 331 g/mol. The zero-order valence-electron chi connectivity index (χ0n) is 12.3. The van der Waals surface area contributed by atoms with Crippen molar-refractivity contribution in [1.82, 2.24) is 0 Å². The Hall–Kier alpha value is -3.14. The molecule has 0 saturated heterocycles. The number of fused-ring (bicyclic) bond motifs is 1. The lowest BCUT2D eigenvalue weighted by Gasteiger charge is -2.28. The van der Waals surface area contributed by atoms with Crippen molar-refractivity contribution in [2.24, 2.45) is 5.73 Å². The van der Waals surface area contributed by atoms with Crippen LogP contribution in [-0.2, 0) is 6.18 Å². The molecule has 0 spiro atoms. The minimum absolute atomic E-state index is 0.0566. The summed E-state index contributed by atoms with van der Waals surface area (Å²) >= 11 is 0. The summed E-state index contributed by atoms with van der Waals surface area (Å²) in [7, 11) is 0. The first-order valence-corrected chi connectivity index (χ1v) is 6.96. The molecule has 2 aromatic rings. The molecule has 1 heterocycles. The van der Waals surface area contributed by atoms with Crippen LogP contribution in [-0.4, -0.2) is 0 Å². The minimum Gasteiger partial charge on any atom is -0.440 e. The lowest BCUT2D eigenvalue weighted by atomic mass is 9.81. The van der Waals surface area contributed by atoms with Crippen LogP contribution in [0.2, 0.25) is 0 Å². The largest absolute Gasteiger partial charge is 0.440 e. The van der Waals surface area contributed by atoms with E-state index in [2.05, 4.69) is 0 Å². The number of alkyl halides is 3. The van der Waals surface area contributed by atoms with Crippen molar-refractivity contribution in [1.29, 1.82) is 5.26 Å². The molecule has 4 nitrogen and oxygen atoms in total. The zero-order chi connectivity index (χ0) is 17.5. The monoisotopic (exact) mass is 331 g/mol. The highest BCUT2D eigenvalue weighted by Crippen LogP contribution is 2.46. The van der Waals surface area contributed by atoms with Crippen molar-refractivity contribution in [3.8, 4) is 11.8 Å². The Morgan fingerprint density at radius 2 is 1.75 bits per heavy atom. The number of ether oxygens (including phenoxy) is 1. The number of allylic oxidation sites excluding steroid dienone is 1. The Morgan fingerprint density at radius 3 is 2.42 bits per heavy atom. The number of nitrogen functional groups attached to an aromatic ring is 1. The standard InChI is InChI=1S/C17H12F3N3O/c18-17(19,20)13-4-2-1-3-10(13)15-11-6-5-9(22)7-14(11)24-16(23)12(15)8-21/h1-7,15H,22-23H2/t15-/m0/s1. The van der Waals surface area contributed by atoms with Crippen LogP contribution < -0.4 is 16.2 Å². The predicted octanol–water partition coefficient (Wildman–Crippen LogP) is 3.51. The van der Waals surface area contributed by atoms with Gasteiger partial charge < -0.3 is 16.2 Å². The van der Waals surface area contributed by atoms with E-state index in [0.29, 0.717) is 11.3 Å². The number of hydrogen-bond acceptors (Lipinski definition) is 4. The second kappa shape index (κ2) is 5.49. The van der Waals surface area contributed by atoms with E-state index < -0.39 is 17.7 Å². The maximum Gasteiger partial charge on any atom is 0.416 e. The fourth-order valence-electron chi connectivity index (χ4n) is 2.80. The predicted molar refractivity (Wildman–Crippen MR) is 81.6 cm³/mol. The number of benzene rings is 2. The number of rotatable bonds is 1. The molecule has 3 rings (SSSR count). The van der Waals surface area contributed by atoms with Gasteiger partial charge in [-0.1, -0.05) is 24.3 Å². The van der Waals surface area contributed by atoms with Gasteiger partial charge in [-0.15, -0.1) is 0 Å². The summed E-state index contributed by atoms with van der Waals surface area (Å²) in [6, 6.07) is 11.5. The van der Waals surface area contributed by atoms with Gasteiger partial charge in [0.05, 0.1) is 11.5 Å². The highest BCUT2D eigenvalue weighted by molar-refractivity contribution is 5.60. The molecule has 0 amide bonds. The van der Waals surface area contributed by atoms with Gasteiger partial charge >= 0.3 is 6.18 Å². The summed E-state index contributed by atoms with van der Waals surface area (Å²) in [5.74, 6) is -0.955. The average Bonchev–Trinajstić information content (AvgIpc) is 2.52. The van der Waals surface area contributed by atoms with Crippen molar-refractivity contribution in [3.63, 3.8) is 0 Å². The number of nitrogens with zero attached hydrogens (tertiary/aromatic N) is 1. The molecule has 0 radical (unpaired) electrons. The van der Waals surface area contributed by atoms with Crippen LogP contribution in [0, 0.1) is 11.3 Å². The van der Waals surface area contributed by atoms with Crippen molar-refractivity contribution in [3.05, 3.63) is 70.6 Å². The Balaban J connectivity index is 2.30. The third-order valence-electron chi connectivity index (χ3n) is 3.82. The maximum atomic E-state index is 13.4. The van der Waals surface area contributed by atoms with Gasteiger partial charge in [0, 0.05) is 17.3 Å². The van der Waals surface area contributed by atoms with Crippen molar-refractivity contribution in [2.45, 2.75) is 12.1 Å². The van der Waals surface area contributed by atoms with Crippen LogP contribution in [0.15, 0.2) is 53.9 Å². The maximum absolute atomic E-state index is 13.4. The Kier molecular flexibility index (Phi) is 3.60. The normalized spacial score (nSPS) is 17.0. The molecule has 0 bridgehead atoms. The highest BCUT2D eigenvalue weighted by atomic mass is 19.4. The van der Waals surface area contributed by atoms with E-state index in [1.165, 1.54) is 24.3 Å². The first-order chi connectivity index (χ1) is 11.3. The molecule has 4 N–H and O–H groups in total. The molecule has 7 heteroatoms. The second-order valence-corrected chi connectivity index (χ2v) is 5.31. The summed E-state index contributed by atoms with van der Waals surface area (Å²) < 4.78 is 45.5. The molecule has 0 saturated carbocycles. The van der Waals surface area contributed by atoms with E-state index >= 15 is 0 Å². The molecule has 1 aliphatic heterocycles. The molecule has 0 unspecified atom stereocenters. The van der Waals surface area contributed by atoms with E-state index in [4.69, 9.17) is 16.2 Å². The number of nitriles is 1. The van der Waals surface area contributed by atoms with Crippen LogP contribution in [0.1, 0.15) is 22.6 Å². The molecule has 122 valence electrons. The van der Waals surface area contributed by atoms with Crippen molar-refractivity contribution in [2.75, 3.05) is 5.73 Å². The molecule has 0 aliphatic carbocycles. The molecule has 1 atom stereocenters. The van der Waals surface area contributed by atoms with E-state index in [0.717, 1.165) is 6.07 Å². The van der Waals surface area contributed by atoms with Crippen molar-refractivity contribution >= 4 is 5.69 Å². The fourth-order valence-corrected chi connectivity index (χ4v) is 2.80. The summed E-state index contributed by atoms with van der Waals surface area (Å²) in [4.78, 5) is 0. The molecule has 1 aliphatic rings. The van der Waals surface area contributed by atoms with Crippen LogP contribution in [0.25, 0.3) is 0 Å². The van der Waals surface area contributed by atoms with Gasteiger partial charge in [-0.05, 0) is 17.7 Å². The van der Waals surface area contributed by atoms with Crippen LogP contribution in [0.4, 0.5) is 18.9 Å². The van der Waals surface area contributed by atoms with Gasteiger partial charge in [-0.2, -0.15) is 18.4 Å². The number of nitrogens with two attached hydrogens (primary N) is 2. The Bertz CT molecular complexity index is 881. The second-order valence-electron chi connectivity index (χ2n) is 5.31. The summed E-state index contributed by atoms with van der Waals surface area (Å²) in [5, 5.41) is 9.39. The topological polar surface area (TPSA) is 85.1 Å². The summed E-state index contributed by atoms with van der Waals surface area (Å²) in [6.07, 6.45) is -4.56. The molecule has 0 aromatic heterocycles. The van der Waals surface area contributed by atoms with E-state index in [9.17, 15) is 18.4 Å². The lowest BCUT2D eigenvalue weighted by molar-refractivity contribution is -0.138. The van der Waals surface area contributed by atoms with Gasteiger partial charge in [0.2, 0.25) is 5.88 Å². The van der Waals surface area contributed by atoms with E-state index in [-0.39, 0.29) is 22.8 Å². The van der Waals surface area contributed by atoms with Gasteiger partial charge in [-0.25, -0.2) is 0 Å². The third kappa shape index (κ3) is 2.52. The summed E-state index contributed by atoms with van der Waals surface area (Å²) in [6.45, 7) is 0. The third-order valence-corrected chi connectivity index (χ3v) is 3.82. The van der Waals surface area contributed by atoms with Gasteiger partial charge in [0.15, 0.2) is 0 Å². The Labute approximate surface area is 135 Å². The van der Waals surface area contributed by atoms with E-state index in [1.54, 1.807) is 12.1 Å². The Morgan fingerprint density at radius 1 is 1.04 bits per heavy atom. The quantitative estimate of drug-likeness (QED) is 0.783. The first-order valence-electron chi connectivity index (χ1n) is 6.96. The van der Waals surface area contributed by atoms with Crippen molar-refractivity contribution < 1.29 is 17.9 Å². The fraction of sp³-hybridized carbons (Fsp3) is 0.118.